The number of nitrogens with two attached hydrogens (primary N) is 2. The van der Waals surface area contributed by atoms with Gasteiger partial charge in [0.05, 0.1) is 0 Å². The Morgan fingerprint density at radius 1 is 1.40 bits per heavy atom. The Kier molecular flexibility index (Phi) is 3.62. The van der Waals surface area contributed by atoms with Crippen molar-refractivity contribution in [3.8, 4) is 0 Å². The third kappa shape index (κ3) is 15.7. The van der Waals surface area contributed by atoms with Crippen LogP contribution in [0.2, 0.25) is 0 Å². The highest BCUT2D eigenvalue weighted by atomic mass is 32.2. The molecular weight excluding hydrogens is 156 g/mol. The van der Waals surface area contributed by atoms with Crippen molar-refractivity contribution < 1.29 is 8.42 Å². The monoisotopic (exact) mass is 164 g/mol. The fourth-order valence-corrected chi connectivity index (χ4v) is 0.215. The van der Waals surface area contributed by atoms with Gasteiger partial charge in [0.2, 0.25) is 0 Å². The van der Waals surface area contributed by atoms with E-state index in [-0.39, 0.29) is 0 Å². The molecule has 1 aromatic heterocycles. The summed E-state index contributed by atoms with van der Waals surface area (Å²) >= 11 is 0. The molecule has 58 valence electrons. The van der Waals surface area contributed by atoms with E-state index in [0.29, 0.717) is 0 Å². The molecule has 0 aliphatic heterocycles. The molecule has 0 amide bonds. The van der Waals surface area contributed by atoms with Crippen molar-refractivity contribution in [2.75, 3.05) is 0 Å². The van der Waals surface area contributed by atoms with Crippen molar-refractivity contribution in [2.45, 2.75) is 0 Å². The SMILES string of the molecule is NS(N)(=O)=O.c1cn[nH]c1. The van der Waals surface area contributed by atoms with Crippen LogP contribution in [0.25, 0.3) is 0 Å². The molecule has 0 atom stereocenters. The summed E-state index contributed by atoms with van der Waals surface area (Å²) in [7, 11) is -3.67. The fraction of sp³-hybridized carbons (Fsp3) is 0. The van der Waals surface area contributed by atoms with Crippen LogP contribution in [0, 0.1) is 0 Å². The van der Waals surface area contributed by atoms with Gasteiger partial charge in [-0.1, -0.05) is 0 Å². The van der Waals surface area contributed by atoms with E-state index in [4.69, 9.17) is 0 Å². The van der Waals surface area contributed by atoms with Gasteiger partial charge in [-0.15, -0.1) is 0 Å². The largest absolute Gasteiger partial charge is 0.286 e. The zero-order chi connectivity index (χ0) is 8.04. The van der Waals surface area contributed by atoms with E-state index in [0.717, 1.165) is 0 Å². The lowest BCUT2D eigenvalue weighted by Gasteiger charge is -1.72. The molecule has 0 unspecified atom stereocenters. The van der Waals surface area contributed by atoms with Gasteiger partial charge in [-0.05, 0) is 6.07 Å². The standard InChI is InChI=1S/C3H4N2.H4N2O2S/c1-2-4-5-3-1;1-5(2,3)4/h1-3H,(H,4,5);(H4,1,2,3,4). The number of nitrogens with one attached hydrogen (secondary N) is 1. The van der Waals surface area contributed by atoms with Gasteiger partial charge < -0.3 is 0 Å². The molecule has 0 radical (unpaired) electrons. The summed E-state index contributed by atoms with van der Waals surface area (Å²) in [6.07, 6.45) is 3.46. The molecule has 0 aromatic carbocycles. The number of aromatic amines is 1. The zero-order valence-corrected chi connectivity index (χ0v) is 5.88. The van der Waals surface area contributed by atoms with Crippen molar-refractivity contribution >= 4 is 10.2 Å². The average molecular weight is 164 g/mol. The summed E-state index contributed by atoms with van der Waals surface area (Å²) in [5, 5.41) is 14.4. The quantitative estimate of drug-likeness (QED) is 0.436. The minimum Gasteiger partial charge on any atom is -0.286 e. The van der Waals surface area contributed by atoms with Gasteiger partial charge >= 0.3 is 0 Å². The maximum Gasteiger partial charge on any atom is 0.271 e. The molecule has 0 bridgehead atoms. The highest BCUT2D eigenvalue weighted by Gasteiger charge is 1.78. The molecule has 7 heteroatoms. The number of aromatic nitrogens is 2. The van der Waals surface area contributed by atoms with E-state index < -0.39 is 10.2 Å². The highest BCUT2D eigenvalue weighted by Crippen LogP contribution is 1.64. The fourth-order valence-electron chi connectivity index (χ4n) is 0.215. The molecule has 0 aliphatic carbocycles. The smallest absolute Gasteiger partial charge is 0.271 e. The van der Waals surface area contributed by atoms with E-state index >= 15 is 0 Å². The molecular formula is C3H8N4O2S. The molecule has 1 rings (SSSR count). The maximum atomic E-state index is 9.19. The molecule has 6 nitrogen and oxygen atoms in total. The minimum atomic E-state index is -3.67. The van der Waals surface area contributed by atoms with Crippen molar-refractivity contribution in [2.24, 2.45) is 10.3 Å². The average Bonchev–Trinajstić information content (AvgIpc) is 2.07. The van der Waals surface area contributed by atoms with Crippen LogP contribution in [0.3, 0.4) is 0 Å². The lowest BCUT2D eigenvalue weighted by Crippen LogP contribution is -2.21. The molecule has 0 spiro atoms. The van der Waals surface area contributed by atoms with Gasteiger partial charge in [0.25, 0.3) is 10.2 Å². The lowest BCUT2D eigenvalue weighted by atomic mass is 10.8. The molecule has 1 aromatic rings. The Hall–Kier alpha value is -0.920. The van der Waals surface area contributed by atoms with Crippen LogP contribution in [0.5, 0.6) is 0 Å². The van der Waals surface area contributed by atoms with Crippen molar-refractivity contribution in [1.82, 2.24) is 10.2 Å². The van der Waals surface area contributed by atoms with Crippen LogP contribution in [-0.2, 0) is 10.2 Å². The third-order valence-corrected chi connectivity index (χ3v) is 0.406. The maximum absolute atomic E-state index is 9.19. The summed E-state index contributed by atoms with van der Waals surface area (Å²) in [5.41, 5.74) is 0. The van der Waals surface area contributed by atoms with E-state index in [1.54, 1.807) is 12.4 Å². The first-order chi connectivity index (χ1) is 4.50. The summed E-state index contributed by atoms with van der Waals surface area (Å²) in [6.45, 7) is 0. The van der Waals surface area contributed by atoms with E-state index in [1.165, 1.54) is 0 Å². The third-order valence-electron chi connectivity index (χ3n) is 0.406. The lowest BCUT2D eigenvalue weighted by molar-refractivity contribution is 0.599. The Labute approximate surface area is 58.4 Å². The topological polar surface area (TPSA) is 115 Å². The molecule has 0 saturated heterocycles. The zero-order valence-electron chi connectivity index (χ0n) is 5.06. The normalized spacial score (nSPS) is 9.80. The summed E-state index contributed by atoms with van der Waals surface area (Å²) in [4.78, 5) is 0. The van der Waals surface area contributed by atoms with Gasteiger partial charge in [0.1, 0.15) is 0 Å². The van der Waals surface area contributed by atoms with Crippen molar-refractivity contribution in [3.05, 3.63) is 18.5 Å². The number of nitrogens with zero attached hydrogens (tertiary/aromatic N) is 1. The Balaban J connectivity index is 0.000000162. The second-order valence-corrected chi connectivity index (χ2v) is 2.53. The first-order valence-corrected chi connectivity index (χ1v) is 3.85. The van der Waals surface area contributed by atoms with Crippen LogP contribution < -0.4 is 10.3 Å². The second-order valence-electron chi connectivity index (χ2n) is 1.36. The van der Waals surface area contributed by atoms with Gasteiger partial charge in [-0.3, -0.25) is 5.10 Å². The molecule has 5 N–H and O–H groups in total. The molecule has 0 aliphatic rings. The Bertz CT molecular complexity index is 214. The Morgan fingerprint density at radius 3 is 2.00 bits per heavy atom. The number of H-pyrrole nitrogens is 1. The number of rotatable bonds is 0. The van der Waals surface area contributed by atoms with Crippen LogP contribution in [-0.4, -0.2) is 18.6 Å². The van der Waals surface area contributed by atoms with Gasteiger partial charge in [-0.2, -0.15) is 13.5 Å². The Morgan fingerprint density at radius 2 is 1.90 bits per heavy atom. The van der Waals surface area contributed by atoms with Gasteiger partial charge in [0, 0.05) is 12.4 Å². The van der Waals surface area contributed by atoms with Crippen LogP contribution in [0.15, 0.2) is 18.5 Å². The van der Waals surface area contributed by atoms with E-state index in [1.807, 2.05) is 6.07 Å². The predicted octanol–water partition coefficient (Wildman–Crippen LogP) is -1.44. The molecule has 10 heavy (non-hydrogen) atoms. The van der Waals surface area contributed by atoms with Gasteiger partial charge in [-0.25, -0.2) is 10.3 Å². The van der Waals surface area contributed by atoms with E-state index in [9.17, 15) is 8.42 Å². The molecule has 1 heterocycles. The summed E-state index contributed by atoms with van der Waals surface area (Å²) < 4.78 is 18.4. The molecule has 0 saturated carbocycles. The molecule has 0 fully saturated rings. The number of hydrogen-bond donors (Lipinski definition) is 3. The second kappa shape index (κ2) is 3.99. The summed E-state index contributed by atoms with van der Waals surface area (Å²) in [5.74, 6) is 0. The van der Waals surface area contributed by atoms with Crippen molar-refractivity contribution in [3.63, 3.8) is 0 Å². The van der Waals surface area contributed by atoms with Crippen LogP contribution >= 0.6 is 0 Å². The van der Waals surface area contributed by atoms with Gasteiger partial charge in [0.15, 0.2) is 0 Å². The minimum absolute atomic E-state index is 1.69. The number of hydrogen-bond acceptors (Lipinski definition) is 3. The summed E-state index contributed by atoms with van der Waals surface area (Å²) in [6, 6.07) is 1.83. The van der Waals surface area contributed by atoms with Crippen LogP contribution in [0.1, 0.15) is 0 Å². The highest BCUT2D eigenvalue weighted by molar-refractivity contribution is 7.86. The van der Waals surface area contributed by atoms with E-state index in [2.05, 4.69) is 20.5 Å². The first kappa shape index (κ1) is 9.08. The van der Waals surface area contributed by atoms with Crippen LogP contribution in [0.4, 0.5) is 0 Å². The van der Waals surface area contributed by atoms with Crippen molar-refractivity contribution in [1.29, 1.82) is 0 Å². The first-order valence-electron chi connectivity index (χ1n) is 2.24. The predicted molar refractivity (Wildman–Crippen MR) is 35.9 cm³/mol.